The Balaban J connectivity index is 2.07. The van der Waals surface area contributed by atoms with E-state index in [0.29, 0.717) is 15.2 Å². The zero-order chi connectivity index (χ0) is 16.3. The summed E-state index contributed by atoms with van der Waals surface area (Å²) in [7, 11) is 0. The molecule has 2 N–H and O–H groups in total. The molecular weight excluding hydrogens is 335 g/mol. The third kappa shape index (κ3) is 4.35. The number of thiocarbonyl (C=S) groups is 1. The molecule has 0 aliphatic rings. The number of benzene rings is 2. The van der Waals surface area contributed by atoms with Gasteiger partial charge in [0, 0.05) is 5.02 Å². The van der Waals surface area contributed by atoms with Gasteiger partial charge in [0.2, 0.25) is 0 Å². The third-order valence-electron chi connectivity index (χ3n) is 3.37. The first-order chi connectivity index (χ1) is 10.4. The van der Waals surface area contributed by atoms with E-state index in [2.05, 4.69) is 16.7 Å². The minimum atomic E-state index is 0.0447. The Morgan fingerprint density at radius 1 is 1.14 bits per heavy atom. The van der Waals surface area contributed by atoms with Crippen molar-refractivity contribution in [3.63, 3.8) is 0 Å². The quantitative estimate of drug-likeness (QED) is 0.697. The lowest BCUT2D eigenvalue weighted by Crippen LogP contribution is -2.31. The first-order valence-electron chi connectivity index (χ1n) is 6.96. The number of hydrogen-bond acceptors (Lipinski definition) is 1. The van der Waals surface area contributed by atoms with E-state index >= 15 is 0 Å². The van der Waals surface area contributed by atoms with E-state index in [4.69, 9.17) is 35.4 Å². The van der Waals surface area contributed by atoms with Crippen molar-refractivity contribution in [2.45, 2.75) is 26.8 Å². The predicted octanol–water partition coefficient (Wildman–Crippen LogP) is 5.66. The van der Waals surface area contributed by atoms with Crippen LogP contribution in [0.2, 0.25) is 10.0 Å². The van der Waals surface area contributed by atoms with Gasteiger partial charge >= 0.3 is 0 Å². The molecule has 0 unspecified atom stereocenters. The Hall–Kier alpha value is -1.29. The van der Waals surface area contributed by atoms with Crippen LogP contribution in [-0.2, 0) is 0 Å². The van der Waals surface area contributed by atoms with E-state index in [1.165, 1.54) is 0 Å². The van der Waals surface area contributed by atoms with Crippen LogP contribution in [0.3, 0.4) is 0 Å². The molecule has 0 radical (unpaired) electrons. The van der Waals surface area contributed by atoms with Crippen LogP contribution in [0, 0.1) is 13.8 Å². The van der Waals surface area contributed by atoms with Gasteiger partial charge in [0.15, 0.2) is 5.11 Å². The van der Waals surface area contributed by atoms with Crippen LogP contribution in [0.1, 0.15) is 29.7 Å². The number of halogens is 2. The summed E-state index contributed by atoms with van der Waals surface area (Å²) < 4.78 is 0. The molecule has 0 spiro atoms. The topological polar surface area (TPSA) is 24.1 Å². The van der Waals surface area contributed by atoms with Crippen LogP contribution < -0.4 is 10.6 Å². The maximum Gasteiger partial charge on any atom is 0.171 e. The highest BCUT2D eigenvalue weighted by molar-refractivity contribution is 7.80. The molecule has 2 rings (SSSR count). The van der Waals surface area contributed by atoms with Crippen LogP contribution in [0.15, 0.2) is 36.4 Å². The molecule has 116 valence electrons. The van der Waals surface area contributed by atoms with Gasteiger partial charge in [0.25, 0.3) is 0 Å². The Labute approximate surface area is 146 Å². The van der Waals surface area contributed by atoms with Crippen molar-refractivity contribution >= 4 is 46.2 Å². The lowest BCUT2D eigenvalue weighted by Gasteiger charge is -2.19. The fraction of sp³-hybridized carbons (Fsp3) is 0.235. The lowest BCUT2D eigenvalue weighted by atomic mass is 10.1. The predicted molar refractivity (Wildman–Crippen MR) is 100 cm³/mol. The SMILES string of the molecule is Cc1cc(C)c(NC(=S)N[C@H](C)c2cccc(Cl)c2)c(Cl)c1. The van der Waals surface area contributed by atoms with Crippen molar-refractivity contribution in [2.24, 2.45) is 0 Å². The van der Waals surface area contributed by atoms with E-state index in [1.807, 2.05) is 51.1 Å². The van der Waals surface area contributed by atoms with E-state index < -0.39 is 0 Å². The highest BCUT2D eigenvalue weighted by Crippen LogP contribution is 2.27. The molecule has 2 aromatic carbocycles. The zero-order valence-electron chi connectivity index (χ0n) is 12.7. The van der Waals surface area contributed by atoms with Crippen molar-refractivity contribution in [2.75, 3.05) is 5.32 Å². The van der Waals surface area contributed by atoms with E-state index in [-0.39, 0.29) is 6.04 Å². The van der Waals surface area contributed by atoms with Crippen molar-refractivity contribution < 1.29 is 0 Å². The van der Waals surface area contributed by atoms with Gasteiger partial charge in [-0.3, -0.25) is 0 Å². The standard InChI is InChI=1S/C17H18Cl2N2S/c1-10-7-11(2)16(15(19)8-10)21-17(22)20-12(3)13-5-4-6-14(18)9-13/h4-9,12H,1-3H3,(H2,20,21,22)/t12-/m1/s1. The fourth-order valence-corrected chi connectivity index (χ4v) is 3.13. The van der Waals surface area contributed by atoms with Crippen LogP contribution in [-0.4, -0.2) is 5.11 Å². The molecule has 1 atom stereocenters. The second-order valence-electron chi connectivity index (χ2n) is 5.31. The number of aryl methyl sites for hydroxylation is 2. The number of anilines is 1. The number of nitrogens with one attached hydrogen (secondary N) is 2. The van der Waals surface area contributed by atoms with Gasteiger partial charge in [-0.25, -0.2) is 0 Å². The van der Waals surface area contributed by atoms with Crippen LogP contribution in [0.25, 0.3) is 0 Å². The smallest absolute Gasteiger partial charge is 0.171 e. The molecule has 0 aliphatic heterocycles. The molecule has 0 saturated heterocycles. The first kappa shape index (κ1) is 17.1. The van der Waals surface area contributed by atoms with Crippen LogP contribution in [0.4, 0.5) is 5.69 Å². The minimum absolute atomic E-state index is 0.0447. The van der Waals surface area contributed by atoms with Crippen LogP contribution in [0.5, 0.6) is 0 Å². The Morgan fingerprint density at radius 2 is 1.86 bits per heavy atom. The number of rotatable bonds is 3. The van der Waals surface area contributed by atoms with Gasteiger partial charge in [0.05, 0.1) is 16.8 Å². The van der Waals surface area contributed by atoms with Gasteiger partial charge in [-0.05, 0) is 67.9 Å². The van der Waals surface area contributed by atoms with Gasteiger partial charge in [-0.2, -0.15) is 0 Å². The molecule has 0 saturated carbocycles. The highest BCUT2D eigenvalue weighted by Gasteiger charge is 2.10. The molecule has 22 heavy (non-hydrogen) atoms. The molecule has 0 aromatic heterocycles. The molecule has 0 aliphatic carbocycles. The summed E-state index contributed by atoms with van der Waals surface area (Å²) in [5.41, 5.74) is 4.09. The number of hydrogen-bond donors (Lipinski definition) is 2. The normalized spacial score (nSPS) is 11.9. The van der Waals surface area contributed by atoms with Crippen molar-refractivity contribution in [1.82, 2.24) is 5.32 Å². The van der Waals surface area contributed by atoms with Crippen molar-refractivity contribution in [3.8, 4) is 0 Å². The van der Waals surface area contributed by atoms with Gasteiger partial charge in [0.1, 0.15) is 0 Å². The summed E-state index contributed by atoms with van der Waals surface area (Å²) in [4.78, 5) is 0. The summed E-state index contributed by atoms with van der Waals surface area (Å²) >= 11 is 17.7. The summed E-state index contributed by atoms with van der Waals surface area (Å²) in [6, 6.07) is 11.7. The van der Waals surface area contributed by atoms with E-state index in [9.17, 15) is 0 Å². The minimum Gasteiger partial charge on any atom is -0.356 e. The van der Waals surface area contributed by atoms with Gasteiger partial charge < -0.3 is 10.6 Å². The fourth-order valence-electron chi connectivity index (χ4n) is 2.28. The third-order valence-corrected chi connectivity index (χ3v) is 4.12. The lowest BCUT2D eigenvalue weighted by molar-refractivity contribution is 0.722. The average Bonchev–Trinajstić information content (AvgIpc) is 2.42. The summed E-state index contributed by atoms with van der Waals surface area (Å²) in [6.45, 7) is 6.05. The molecule has 0 heterocycles. The molecule has 0 fully saturated rings. The molecule has 5 heteroatoms. The molecule has 0 bridgehead atoms. The molecule has 2 aromatic rings. The maximum absolute atomic E-state index is 6.29. The molecule has 2 nitrogen and oxygen atoms in total. The second-order valence-corrected chi connectivity index (χ2v) is 6.57. The Bertz CT molecular complexity index is 678. The van der Waals surface area contributed by atoms with E-state index in [0.717, 1.165) is 22.4 Å². The summed E-state index contributed by atoms with van der Waals surface area (Å²) in [5, 5.41) is 8.32. The zero-order valence-corrected chi connectivity index (χ0v) is 15.0. The largest absolute Gasteiger partial charge is 0.356 e. The van der Waals surface area contributed by atoms with E-state index in [1.54, 1.807) is 0 Å². The second kappa shape index (κ2) is 7.32. The summed E-state index contributed by atoms with van der Waals surface area (Å²) in [5.74, 6) is 0. The molecular formula is C17H18Cl2N2S. The van der Waals surface area contributed by atoms with Gasteiger partial charge in [-0.1, -0.05) is 41.4 Å². The maximum atomic E-state index is 6.29. The first-order valence-corrected chi connectivity index (χ1v) is 8.13. The van der Waals surface area contributed by atoms with Crippen molar-refractivity contribution in [1.29, 1.82) is 0 Å². The Morgan fingerprint density at radius 3 is 2.50 bits per heavy atom. The average molecular weight is 353 g/mol. The van der Waals surface area contributed by atoms with Gasteiger partial charge in [-0.15, -0.1) is 0 Å². The molecule has 0 amide bonds. The summed E-state index contributed by atoms with van der Waals surface area (Å²) in [6.07, 6.45) is 0. The van der Waals surface area contributed by atoms with Crippen molar-refractivity contribution in [3.05, 3.63) is 63.1 Å². The van der Waals surface area contributed by atoms with Crippen LogP contribution >= 0.6 is 35.4 Å². The Kier molecular flexibility index (Phi) is 5.68. The highest BCUT2D eigenvalue weighted by atomic mass is 35.5. The monoisotopic (exact) mass is 352 g/mol.